The molecule has 0 atom stereocenters. The van der Waals surface area contributed by atoms with Gasteiger partial charge in [0.2, 0.25) is 0 Å². The number of hydrogen-bond donors (Lipinski definition) is 0. The van der Waals surface area contributed by atoms with Crippen LogP contribution in [0, 0.1) is 6.92 Å². The highest BCUT2D eigenvalue weighted by Crippen LogP contribution is 2.25. The first-order valence-corrected chi connectivity index (χ1v) is 9.01. The van der Waals surface area contributed by atoms with Gasteiger partial charge >= 0.3 is 17.6 Å². The summed E-state index contributed by atoms with van der Waals surface area (Å²) in [5.41, 5.74) is 2.25. The van der Waals surface area contributed by atoms with Gasteiger partial charge in [0, 0.05) is 28.1 Å². The maximum absolute atomic E-state index is 12.0. The van der Waals surface area contributed by atoms with E-state index in [0.29, 0.717) is 32.7 Å². The number of carbonyl (C=O) groups excluding carboxylic acids is 2. The van der Waals surface area contributed by atoms with E-state index >= 15 is 0 Å². The Morgan fingerprint density at radius 1 is 1.14 bits per heavy atom. The molecule has 0 unspecified atom stereocenters. The van der Waals surface area contributed by atoms with Gasteiger partial charge in [-0.15, -0.1) is 0 Å². The maximum atomic E-state index is 12.0. The predicted octanol–water partition coefficient (Wildman–Crippen LogP) is 4.30. The zero-order valence-corrected chi connectivity index (χ0v) is 16.5. The highest BCUT2D eigenvalue weighted by Gasteiger charge is 2.10. The molecular formula is C22H17ClO6. The molecular weight excluding hydrogens is 396 g/mol. The summed E-state index contributed by atoms with van der Waals surface area (Å²) < 4.78 is 15.1. The summed E-state index contributed by atoms with van der Waals surface area (Å²) in [6.45, 7) is 1.70. The topological polar surface area (TPSA) is 82.8 Å². The molecule has 0 N–H and O–H groups in total. The Labute approximate surface area is 171 Å². The van der Waals surface area contributed by atoms with Crippen LogP contribution in [-0.4, -0.2) is 19.0 Å². The molecule has 0 aliphatic carbocycles. The predicted molar refractivity (Wildman–Crippen MR) is 109 cm³/mol. The number of ether oxygens (including phenoxy) is 2. The highest BCUT2D eigenvalue weighted by atomic mass is 35.5. The monoisotopic (exact) mass is 412 g/mol. The second-order valence-electron chi connectivity index (χ2n) is 6.24. The fourth-order valence-electron chi connectivity index (χ4n) is 2.68. The molecule has 1 aromatic heterocycles. The highest BCUT2D eigenvalue weighted by molar-refractivity contribution is 6.32. The molecule has 3 aromatic rings. The molecule has 0 fully saturated rings. The molecule has 0 aliphatic rings. The number of fused-ring (bicyclic) bond motifs is 1. The molecule has 0 saturated heterocycles. The van der Waals surface area contributed by atoms with Crippen LogP contribution >= 0.6 is 11.6 Å². The van der Waals surface area contributed by atoms with Gasteiger partial charge in [-0.25, -0.2) is 14.4 Å². The lowest BCUT2D eigenvalue weighted by Gasteiger charge is -2.07. The zero-order valence-electron chi connectivity index (χ0n) is 15.7. The molecule has 1 heterocycles. The fraction of sp³-hybridized carbons (Fsp3) is 0.136. The van der Waals surface area contributed by atoms with E-state index in [-0.39, 0.29) is 6.61 Å². The molecule has 0 spiro atoms. The lowest BCUT2D eigenvalue weighted by molar-refractivity contribution is -0.138. The number of aryl methyl sites for hydroxylation is 1. The van der Waals surface area contributed by atoms with E-state index in [0.717, 1.165) is 5.56 Å². The second kappa shape index (κ2) is 8.75. The van der Waals surface area contributed by atoms with E-state index < -0.39 is 17.6 Å². The van der Waals surface area contributed by atoms with Crippen molar-refractivity contribution in [2.24, 2.45) is 0 Å². The van der Waals surface area contributed by atoms with Crippen molar-refractivity contribution in [3.05, 3.63) is 86.2 Å². The summed E-state index contributed by atoms with van der Waals surface area (Å²) in [4.78, 5) is 35.2. The zero-order chi connectivity index (χ0) is 21.0. The number of hydrogen-bond acceptors (Lipinski definition) is 6. The Bertz CT molecular complexity index is 1160. The van der Waals surface area contributed by atoms with Crippen molar-refractivity contribution in [1.82, 2.24) is 0 Å². The third kappa shape index (κ3) is 4.92. The fourth-order valence-corrected chi connectivity index (χ4v) is 2.84. The van der Waals surface area contributed by atoms with Gasteiger partial charge in [-0.1, -0.05) is 23.7 Å². The van der Waals surface area contributed by atoms with Gasteiger partial charge in [0.1, 0.15) is 12.2 Å². The van der Waals surface area contributed by atoms with Crippen molar-refractivity contribution in [3.8, 4) is 0 Å². The first kappa shape index (κ1) is 20.4. The van der Waals surface area contributed by atoms with Crippen LogP contribution in [0.2, 0.25) is 5.02 Å². The van der Waals surface area contributed by atoms with E-state index in [1.54, 1.807) is 49.4 Å². The van der Waals surface area contributed by atoms with Gasteiger partial charge in [-0.05, 0) is 48.4 Å². The van der Waals surface area contributed by atoms with Gasteiger partial charge < -0.3 is 13.9 Å². The Morgan fingerprint density at radius 3 is 2.55 bits per heavy atom. The molecule has 7 heteroatoms. The van der Waals surface area contributed by atoms with Crippen LogP contribution in [0.25, 0.3) is 17.0 Å². The standard InChI is InChI=1S/C22H17ClO6/c1-13-9-19-17(11-18(13)23)16(10-21(25)29-19)12-28-20(24)8-5-14-3-6-15(7-4-14)22(26)27-2/h3-11H,12H2,1-2H3/b8-5+. The summed E-state index contributed by atoms with van der Waals surface area (Å²) >= 11 is 6.15. The summed E-state index contributed by atoms with van der Waals surface area (Å²) in [6, 6.07) is 11.2. The van der Waals surface area contributed by atoms with Crippen LogP contribution in [0.3, 0.4) is 0 Å². The molecule has 2 aromatic carbocycles. The van der Waals surface area contributed by atoms with E-state index in [1.165, 1.54) is 19.3 Å². The quantitative estimate of drug-likeness (QED) is 0.353. The van der Waals surface area contributed by atoms with Gasteiger partial charge in [-0.3, -0.25) is 0 Å². The van der Waals surface area contributed by atoms with Crippen LogP contribution in [0.15, 0.2) is 57.8 Å². The number of rotatable bonds is 5. The lowest BCUT2D eigenvalue weighted by atomic mass is 10.1. The van der Waals surface area contributed by atoms with Crippen LogP contribution in [0.4, 0.5) is 0 Å². The molecule has 0 bridgehead atoms. The van der Waals surface area contributed by atoms with E-state index in [1.807, 2.05) is 0 Å². The first-order valence-electron chi connectivity index (χ1n) is 8.63. The van der Waals surface area contributed by atoms with Gasteiger partial charge in [0.05, 0.1) is 12.7 Å². The smallest absolute Gasteiger partial charge is 0.337 e. The van der Waals surface area contributed by atoms with Gasteiger partial charge in [-0.2, -0.15) is 0 Å². The van der Waals surface area contributed by atoms with E-state index in [9.17, 15) is 14.4 Å². The minimum Gasteiger partial charge on any atom is -0.465 e. The third-order valence-electron chi connectivity index (χ3n) is 4.22. The number of halogens is 1. The van der Waals surface area contributed by atoms with Crippen molar-refractivity contribution >= 4 is 40.6 Å². The van der Waals surface area contributed by atoms with Crippen LogP contribution in [0.5, 0.6) is 0 Å². The average molecular weight is 413 g/mol. The average Bonchev–Trinajstić information content (AvgIpc) is 2.71. The van der Waals surface area contributed by atoms with Gasteiger partial charge in [0.25, 0.3) is 0 Å². The molecule has 0 aliphatic heterocycles. The second-order valence-corrected chi connectivity index (χ2v) is 6.65. The first-order chi connectivity index (χ1) is 13.9. The van der Waals surface area contributed by atoms with Crippen molar-refractivity contribution < 1.29 is 23.5 Å². The van der Waals surface area contributed by atoms with Crippen LogP contribution in [-0.2, 0) is 20.9 Å². The van der Waals surface area contributed by atoms with E-state index in [4.69, 9.17) is 20.8 Å². The van der Waals surface area contributed by atoms with Crippen molar-refractivity contribution in [3.63, 3.8) is 0 Å². The Kier molecular flexibility index (Phi) is 6.14. The van der Waals surface area contributed by atoms with Crippen molar-refractivity contribution in [1.29, 1.82) is 0 Å². The summed E-state index contributed by atoms with van der Waals surface area (Å²) in [5.74, 6) is -1.02. The lowest BCUT2D eigenvalue weighted by Crippen LogP contribution is -2.06. The van der Waals surface area contributed by atoms with Crippen molar-refractivity contribution in [2.45, 2.75) is 13.5 Å². The maximum Gasteiger partial charge on any atom is 0.337 e. The molecule has 29 heavy (non-hydrogen) atoms. The summed E-state index contributed by atoms with van der Waals surface area (Å²) in [5, 5.41) is 1.13. The summed E-state index contributed by atoms with van der Waals surface area (Å²) in [6.07, 6.45) is 2.82. The van der Waals surface area contributed by atoms with Gasteiger partial charge in [0.15, 0.2) is 0 Å². The largest absolute Gasteiger partial charge is 0.465 e. The molecule has 0 amide bonds. The normalized spacial score (nSPS) is 11.0. The molecule has 148 valence electrons. The number of esters is 2. The Balaban J connectivity index is 1.71. The Morgan fingerprint density at radius 2 is 1.86 bits per heavy atom. The molecule has 3 rings (SSSR count). The molecule has 6 nitrogen and oxygen atoms in total. The molecule has 0 saturated carbocycles. The minimum atomic E-state index is -0.582. The number of methoxy groups -OCH3 is 1. The minimum absolute atomic E-state index is 0.105. The van der Waals surface area contributed by atoms with E-state index in [2.05, 4.69) is 4.74 Å². The SMILES string of the molecule is COC(=O)c1ccc(/C=C/C(=O)OCc2cc(=O)oc3cc(C)c(Cl)cc23)cc1. The Hall–Kier alpha value is -3.38. The summed E-state index contributed by atoms with van der Waals surface area (Å²) in [7, 11) is 1.31. The number of carbonyl (C=O) groups is 2. The molecule has 0 radical (unpaired) electrons. The van der Waals surface area contributed by atoms with Crippen molar-refractivity contribution in [2.75, 3.05) is 7.11 Å². The number of benzene rings is 2. The van der Waals surface area contributed by atoms with Crippen LogP contribution in [0.1, 0.15) is 27.0 Å². The third-order valence-corrected chi connectivity index (χ3v) is 4.63. The van der Waals surface area contributed by atoms with Crippen LogP contribution < -0.4 is 5.63 Å².